The molecule has 146 valence electrons. The number of nitrogens with zero attached hydrogens (tertiary/aromatic N) is 3. The molecule has 1 amide bonds. The molecule has 3 heterocycles. The fraction of sp³-hybridized carbons (Fsp3) is 0.526. The average Bonchev–Trinajstić information content (AvgIpc) is 3.37. The third-order valence-electron chi connectivity index (χ3n) is 5.49. The number of amides is 1. The van der Waals surface area contributed by atoms with Gasteiger partial charge in [0.25, 0.3) is 0 Å². The molecule has 27 heavy (non-hydrogen) atoms. The Hall–Kier alpha value is -1.90. The molecule has 0 radical (unpaired) electrons. The maximum atomic E-state index is 12.8. The van der Waals surface area contributed by atoms with Crippen molar-refractivity contribution < 1.29 is 17.9 Å². The van der Waals surface area contributed by atoms with E-state index < -0.39 is 10.0 Å². The van der Waals surface area contributed by atoms with Crippen LogP contribution in [0.15, 0.2) is 35.4 Å². The second-order valence-corrected chi connectivity index (χ2v) is 9.11. The summed E-state index contributed by atoms with van der Waals surface area (Å²) < 4.78 is 34.3. The molecule has 0 spiro atoms. The van der Waals surface area contributed by atoms with E-state index in [4.69, 9.17) is 4.74 Å². The van der Waals surface area contributed by atoms with Crippen molar-refractivity contribution in [1.82, 2.24) is 13.8 Å². The molecule has 0 unspecified atom stereocenters. The van der Waals surface area contributed by atoms with Crippen LogP contribution in [0.2, 0.25) is 0 Å². The lowest BCUT2D eigenvalue weighted by molar-refractivity contribution is -0.138. The van der Waals surface area contributed by atoms with Gasteiger partial charge in [-0.1, -0.05) is 0 Å². The van der Waals surface area contributed by atoms with Gasteiger partial charge in [-0.25, -0.2) is 8.42 Å². The molecular weight excluding hydrogens is 366 g/mol. The number of aromatic nitrogens is 1. The van der Waals surface area contributed by atoms with Gasteiger partial charge in [0.05, 0.1) is 18.1 Å². The van der Waals surface area contributed by atoms with E-state index >= 15 is 0 Å². The largest absolute Gasteiger partial charge is 0.378 e. The van der Waals surface area contributed by atoms with Gasteiger partial charge in [-0.15, -0.1) is 0 Å². The number of ether oxygens (including phenoxy) is 1. The standard InChI is InChI=1S/C19H25N3O4S/c1-15(19(23)20-10-12-26-13-11-20)22-9-6-16-14-17(4-5-18(16)22)27(24,25)21-7-2-3-8-21/h4-6,9,14-15H,2-3,7-8,10-13H2,1H3/t15-/m1/s1. The molecule has 0 bridgehead atoms. The zero-order valence-corrected chi connectivity index (χ0v) is 16.3. The Labute approximate surface area is 159 Å². The molecule has 2 aromatic rings. The summed E-state index contributed by atoms with van der Waals surface area (Å²) >= 11 is 0. The van der Waals surface area contributed by atoms with E-state index in [-0.39, 0.29) is 11.9 Å². The van der Waals surface area contributed by atoms with E-state index in [1.807, 2.05) is 28.7 Å². The number of carbonyl (C=O) groups is 1. The second-order valence-electron chi connectivity index (χ2n) is 7.17. The van der Waals surface area contributed by atoms with Crippen molar-refractivity contribution in [3.63, 3.8) is 0 Å². The van der Waals surface area contributed by atoms with Gasteiger partial charge >= 0.3 is 0 Å². The summed E-state index contributed by atoms with van der Waals surface area (Å²) in [5.41, 5.74) is 0.865. The quantitative estimate of drug-likeness (QED) is 0.797. The van der Waals surface area contributed by atoms with Crippen LogP contribution in [0.5, 0.6) is 0 Å². The second kappa shape index (κ2) is 7.26. The number of hydrogen-bond acceptors (Lipinski definition) is 4. The van der Waals surface area contributed by atoms with Crippen molar-refractivity contribution in [3.05, 3.63) is 30.5 Å². The van der Waals surface area contributed by atoms with Gasteiger partial charge in [-0.05, 0) is 44.0 Å². The Kier molecular flexibility index (Phi) is 4.96. The van der Waals surface area contributed by atoms with Crippen LogP contribution < -0.4 is 0 Å². The summed E-state index contributed by atoms with van der Waals surface area (Å²) in [6.45, 7) is 5.43. The number of hydrogen-bond donors (Lipinski definition) is 0. The molecule has 8 heteroatoms. The molecule has 0 saturated carbocycles. The molecule has 2 fully saturated rings. The Bertz CT molecular complexity index is 941. The Morgan fingerprint density at radius 3 is 2.48 bits per heavy atom. The van der Waals surface area contributed by atoms with Crippen molar-refractivity contribution in [2.45, 2.75) is 30.7 Å². The van der Waals surface area contributed by atoms with E-state index in [2.05, 4.69) is 0 Å². The SMILES string of the molecule is C[C@H](C(=O)N1CCOCC1)n1ccc2cc(S(=O)(=O)N3CCCC3)ccc21. The highest BCUT2D eigenvalue weighted by molar-refractivity contribution is 7.89. The highest BCUT2D eigenvalue weighted by atomic mass is 32.2. The van der Waals surface area contributed by atoms with E-state index in [9.17, 15) is 13.2 Å². The minimum Gasteiger partial charge on any atom is -0.378 e. The van der Waals surface area contributed by atoms with Crippen LogP contribution >= 0.6 is 0 Å². The van der Waals surface area contributed by atoms with Gasteiger partial charge in [0.1, 0.15) is 6.04 Å². The van der Waals surface area contributed by atoms with Gasteiger partial charge in [-0.2, -0.15) is 4.31 Å². The van der Waals surface area contributed by atoms with E-state index in [0.717, 1.165) is 23.7 Å². The molecule has 0 N–H and O–H groups in total. The number of rotatable bonds is 4. The van der Waals surface area contributed by atoms with Crippen LogP contribution in [0.4, 0.5) is 0 Å². The van der Waals surface area contributed by atoms with Crippen molar-refractivity contribution in [3.8, 4) is 0 Å². The maximum absolute atomic E-state index is 12.8. The number of carbonyl (C=O) groups excluding carboxylic acids is 1. The first-order chi connectivity index (χ1) is 13.0. The number of morpholine rings is 1. The van der Waals surface area contributed by atoms with Crippen molar-refractivity contribution in [2.75, 3.05) is 39.4 Å². The van der Waals surface area contributed by atoms with Gasteiger partial charge < -0.3 is 14.2 Å². The highest BCUT2D eigenvalue weighted by Crippen LogP contribution is 2.27. The lowest BCUT2D eigenvalue weighted by Crippen LogP contribution is -2.43. The van der Waals surface area contributed by atoms with Crippen molar-refractivity contribution in [2.24, 2.45) is 0 Å². The molecule has 0 aliphatic carbocycles. The molecule has 4 rings (SSSR count). The van der Waals surface area contributed by atoms with E-state index in [0.29, 0.717) is 44.3 Å². The smallest absolute Gasteiger partial charge is 0.245 e. The average molecular weight is 391 g/mol. The molecule has 2 saturated heterocycles. The number of benzene rings is 1. The molecule has 1 aromatic carbocycles. The summed E-state index contributed by atoms with van der Waals surface area (Å²) in [6.07, 6.45) is 3.69. The fourth-order valence-electron chi connectivity index (χ4n) is 3.88. The van der Waals surface area contributed by atoms with Gasteiger partial charge in [0, 0.05) is 43.3 Å². The Morgan fingerprint density at radius 2 is 1.78 bits per heavy atom. The fourth-order valence-corrected chi connectivity index (χ4v) is 5.44. The zero-order valence-electron chi connectivity index (χ0n) is 15.5. The van der Waals surface area contributed by atoms with E-state index in [1.54, 1.807) is 22.5 Å². The summed E-state index contributed by atoms with van der Waals surface area (Å²) in [5, 5.41) is 0.830. The first kappa shape index (κ1) is 18.5. The molecule has 7 nitrogen and oxygen atoms in total. The summed E-state index contributed by atoms with van der Waals surface area (Å²) in [7, 11) is -3.44. The molecule has 2 aliphatic rings. The predicted octanol–water partition coefficient (Wildman–Crippen LogP) is 1.85. The third kappa shape index (κ3) is 3.37. The minimum absolute atomic E-state index is 0.0598. The van der Waals surface area contributed by atoms with Gasteiger partial charge in [-0.3, -0.25) is 4.79 Å². The van der Waals surface area contributed by atoms with Gasteiger partial charge in [0.15, 0.2) is 0 Å². The summed E-state index contributed by atoms with van der Waals surface area (Å²) in [5.74, 6) is 0.0598. The van der Waals surface area contributed by atoms with Gasteiger partial charge in [0.2, 0.25) is 15.9 Å². The molecule has 1 aromatic heterocycles. The van der Waals surface area contributed by atoms with Crippen LogP contribution in [-0.4, -0.2) is 67.5 Å². The van der Waals surface area contributed by atoms with Crippen LogP contribution in [0.25, 0.3) is 10.9 Å². The summed E-state index contributed by atoms with van der Waals surface area (Å²) in [6, 6.07) is 6.70. The van der Waals surface area contributed by atoms with Crippen LogP contribution in [0.3, 0.4) is 0 Å². The molecular formula is C19H25N3O4S. The topological polar surface area (TPSA) is 71.8 Å². The summed E-state index contributed by atoms with van der Waals surface area (Å²) in [4.78, 5) is 14.9. The first-order valence-corrected chi connectivity index (χ1v) is 10.9. The molecule has 2 aliphatic heterocycles. The van der Waals surface area contributed by atoms with Crippen LogP contribution in [0.1, 0.15) is 25.8 Å². The lowest BCUT2D eigenvalue weighted by atomic mass is 10.2. The van der Waals surface area contributed by atoms with Crippen molar-refractivity contribution in [1.29, 1.82) is 0 Å². The maximum Gasteiger partial charge on any atom is 0.245 e. The monoisotopic (exact) mass is 391 g/mol. The highest BCUT2D eigenvalue weighted by Gasteiger charge is 2.28. The zero-order chi connectivity index (χ0) is 19.0. The first-order valence-electron chi connectivity index (χ1n) is 9.46. The van der Waals surface area contributed by atoms with E-state index in [1.165, 1.54) is 0 Å². The normalized spacial score (nSPS) is 20.3. The minimum atomic E-state index is -3.44. The Morgan fingerprint density at radius 1 is 1.07 bits per heavy atom. The number of sulfonamides is 1. The third-order valence-corrected chi connectivity index (χ3v) is 7.39. The van der Waals surface area contributed by atoms with Crippen LogP contribution in [-0.2, 0) is 19.6 Å². The molecule has 1 atom stereocenters. The van der Waals surface area contributed by atoms with Crippen LogP contribution in [0, 0.1) is 0 Å². The lowest BCUT2D eigenvalue weighted by Gasteiger charge is -2.30. The van der Waals surface area contributed by atoms with Crippen molar-refractivity contribution >= 4 is 26.8 Å². The number of fused-ring (bicyclic) bond motifs is 1. The predicted molar refractivity (Wildman–Crippen MR) is 102 cm³/mol. The Balaban J connectivity index is 1.61.